The Bertz CT molecular complexity index is 1840. The zero-order valence-corrected chi connectivity index (χ0v) is 30.3. The van der Waals surface area contributed by atoms with Crippen molar-refractivity contribution in [1.82, 2.24) is 15.5 Å². The summed E-state index contributed by atoms with van der Waals surface area (Å²) in [5.74, 6) is -3.55. The number of rotatable bonds is 15. The van der Waals surface area contributed by atoms with Gasteiger partial charge in [0.15, 0.2) is 11.8 Å². The third kappa shape index (κ3) is 12.9. The number of Topliss-reactive ketones (excluding diaryl/α,β-unsaturated/α-hetero) is 1. The third-order valence-electron chi connectivity index (χ3n) is 9.30. The molecule has 0 bridgehead atoms. The molecule has 290 valence electrons. The number of carbonyl (C=O) groups is 5. The summed E-state index contributed by atoms with van der Waals surface area (Å²) in [6.45, 7) is 1.25. The van der Waals surface area contributed by atoms with Gasteiger partial charge in [-0.2, -0.15) is 13.2 Å². The van der Waals surface area contributed by atoms with Gasteiger partial charge in [0.05, 0.1) is 0 Å². The topological polar surface area (TPSA) is 163 Å². The highest BCUT2D eigenvalue weighted by atomic mass is 19.4. The fourth-order valence-electron chi connectivity index (χ4n) is 6.27. The van der Waals surface area contributed by atoms with Crippen LogP contribution in [0, 0.1) is 0 Å². The molecular formula is C42H45F3N4O6. The molecule has 5 rings (SSSR count). The first-order valence-electron chi connectivity index (χ1n) is 18.1. The number of aliphatic carboxylic acids is 1. The van der Waals surface area contributed by atoms with E-state index in [1.54, 1.807) is 29.2 Å². The zero-order valence-electron chi connectivity index (χ0n) is 30.3. The van der Waals surface area contributed by atoms with Crippen LogP contribution in [0.3, 0.4) is 0 Å². The number of alkyl halides is 3. The number of halogens is 3. The number of unbranched alkanes of at least 4 members (excludes halogenated alkanes) is 1. The van der Waals surface area contributed by atoms with Gasteiger partial charge in [-0.25, -0.2) is 0 Å². The van der Waals surface area contributed by atoms with Crippen LogP contribution in [0.4, 0.5) is 13.2 Å². The molecule has 1 aliphatic rings. The van der Waals surface area contributed by atoms with Gasteiger partial charge in [0, 0.05) is 56.8 Å². The first-order chi connectivity index (χ1) is 26.3. The Morgan fingerprint density at radius 1 is 0.745 bits per heavy atom. The number of ketones is 1. The maximum atomic E-state index is 13.4. The number of quaternary nitrogens is 1. The van der Waals surface area contributed by atoms with Crippen molar-refractivity contribution < 1.29 is 48.0 Å². The second kappa shape index (κ2) is 20.6. The van der Waals surface area contributed by atoms with Crippen molar-refractivity contribution in [3.63, 3.8) is 0 Å². The number of nitrogens with zero attached hydrogens (tertiary/aromatic N) is 1. The maximum Gasteiger partial charge on any atom is 0.430 e. The van der Waals surface area contributed by atoms with Gasteiger partial charge in [0.2, 0.25) is 11.8 Å². The fourth-order valence-corrected chi connectivity index (χ4v) is 6.27. The largest absolute Gasteiger partial charge is 0.542 e. The van der Waals surface area contributed by atoms with Crippen LogP contribution in [0.1, 0.15) is 70.6 Å². The van der Waals surface area contributed by atoms with E-state index >= 15 is 0 Å². The molecule has 13 heteroatoms. The Hall–Kier alpha value is -5.82. The number of hydrogen-bond donors (Lipinski definition) is 3. The Morgan fingerprint density at radius 2 is 1.27 bits per heavy atom. The summed E-state index contributed by atoms with van der Waals surface area (Å²) >= 11 is 0. The number of fused-ring (bicyclic) bond motifs is 1. The summed E-state index contributed by atoms with van der Waals surface area (Å²) < 4.78 is 31.5. The normalized spacial score (nSPS) is 14.1. The van der Waals surface area contributed by atoms with Gasteiger partial charge < -0.3 is 31.2 Å². The molecule has 0 spiro atoms. The van der Waals surface area contributed by atoms with E-state index in [1.165, 1.54) is 0 Å². The first kappa shape index (κ1) is 41.9. The Morgan fingerprint density at radius 3 is 1.84 bits per heavy atom. The van der Waals surface area contributed by atoms with E-state index in [1.807, 2.05) is 66.7 Å². The van der Waals surface area contributed by atoms with Gasteiger partial charge in [0.1, 0.15) is 12.0 Å². The van der Waals surface area contributed by atoms with E-state index in [4.69, 9.17) is 9.90 Å². The summed E-state index contributed by atoms with van der Waals surface area (Å²) in [5.41, 5.74) is 9.03. The molecule has 5 N–H and O–H groups in total. The molecule has 0 unspecified atom stereocenters. The molecular weight excluding hydrogens is 713 g/mol. The van der Waals surface area contributed by atoms with Crippen molar-refractivity contribution in [2.24, 2.45) is 0 Å². The molecule has 10 nitrogen and oxygen atoms in total. The lowest BCUT2D eigenvalue weighted by Gasteiger charge is -2.36. The quantitative estimate of drug-likeness (QED) is 0.124. The predicted octanol–water partition coefficient (Wildman–Crippen LogP) is 3.75. The van der Waals surface area contributed by atoms with Gasteiger partial charge in [-0.15, -0.1) is 0 Å². The Labute approximate surface area is 317 Å². The number of carboxylic acids is 1. The number of benzene rings is 4. The molecule has 1 heterocycles. The lowest BCUT2D eigenvalue weighted by Crippen LogP contribution is -2.67. The molecule has 0 fully saturated rings. The van der Waals surface area contributed by atoms with E-state index < -0.39 is 24.2 Å². The van der Waals surface area contributed by atoms with E-state index in [9.17, 15) is 32.3 Å². The van der Waals surface area contributed by atoms with Crippen LogP contribution in [0.2, 0.25) is 0 Å². The molecule has 4 aromatic carbocycles. The minimum absolute atomic E-state index is 0.0429. The van der Waals surface area contributed by atoms with Gasteiger partial charge in [-0.3, -0.25) is 19.2 Å². The standard InChI is InChI=1S/C40H44N4O4.C2HF3O2/c41-35(39(47)43-27-34(29-14-4-1-5-15-29)30-16-6-2-7-17-30)22-12-13-25-42-40(48)36-26-32-20-10-11-21-33(32)28-44(36)38(46)24-23-37(45)31-18-8-3-9-19-31;3-2(4,5)1(6)7/h1-11,14-21,34-36H,12-13,22-28,41H2,(H,42,48)(H,43,47);(H,6,7)/t35-,36+;/m1./s1. The van der Waals surface area contributed by atoms with Crippen LogP contribution >= 0.6 is 0 Å². The van der Waals surface area contributed by atoms with E-state index in [-0.39, 0.29) is 42.3 Å². The number of nitrogens with one attached hydrogen (secondary N) is 2. The van der Waals surface area contributed by atoms with Crippen molar-refractivity contribution in [2.45, 2.75) is 69.2 Å². The molecule has 0 radical (unpaired) electrons. The minimum Gasteiger partial charge on any atom is -0.542 e. The summed E-state index contributed by atoms with van der Waals surface area (Å²) in [7, 11) is 0. The van der Waals surface area contributed by atoms with Gasteiger partial charge in [-0.05, 0) is 35.1 Å². The van der Waals surface area contributed by atoms with Crippen LogP contribution in [0.25, 0.3) is 0 Å². The highest BCUT2D eigenvalue weighted by Crippen LogP contribution is 2.26. The summed E-state index contributed by atoms with van der Waals surface area (Å²) in [5, 5.41) is 14.9. The van der Waals surface area contributed by atoms with Gasteiger partial charge in [0.25, 0.3) is 5.91 Å². The highest BCUT2D eigenvalue weighted by molar-refractivity contribution is 5.98. The van der Waals surface area contributed by atoms with E-state index in [0.717, 1.165) is 28.7 Å². The van der Waals surface area contributed by atoms with Crippen LogP contribution in [0.15, 0.2) is 115 Å². The number of hydrogen-bond acceptors (Lipinski definition) is 6. The SMILES string of the molecule is O=C([O-])C(F)(F)F.[NH3+][C@H](CCCCNC(=O)[C@@H]1Cc2ccccc2CN1C(=O)CCC(=O)c1ccccc1)C(=O)NCC(c1ccccc1)c1ccccc1. The second-order valence-electron chi connectivity index (χ2n) is 13.2. The molecule has 3 amide bonds. The second-order valence-corrected chi connectivity index (χ2v) is 13.2. The molecule has 1 aliphatic heterocycles. The van der Waals surface area contributed by atoms with Gasteiger partial charge >= 0.3 is 6.18 Å². The van der Waals surface area contributed by atoms with Crippen molar-refractivity contribution in [3.05, 3.63) is 143 Å². The smallest absolute Gasteiger partial charge is 0.430 e. The number of carboxylic acid groups (broad SMARTS) is 1. The first-order valence-corrected chi connectivity index (χ1v) is 18.1. The van der Waals surface area contributed by atoms with Gasteiger partial charge in [-0.1, -0.05) is 115 Å². The van der Waals surface area contributed by atoms with Crippen molar-refractivity contribution in [2.75, 3.05) is 13.1 Å². The molecule has 55 heavy (non-hydrogen) atoms. The Kier molecular flexibility index (Phi) is 15.7. The summed E-state index contributed by atoms with van der Waals surface area (Å²) in [6, 6.07) is 36.1. The highest BCUT2D eigenvalue weighted by Gasteiger charge is 2.34. The van der Waals surface area contributed by atoms with E-state index in [2.05, 4.69) is 40.6 Å². The number of amides is 3. The predicted molar refractivity (Wildman–Crippen MR) is 197 cm³/mol. The van der Waals surface area contributed by atoms with Crippen LogP contribution in [-0.4, -0.2) is 65.7 Å². The minimum atomic E-state index is -5.19. The van der Waals surface area contributed by atoms with Crippen molar-refractivity contribution in [3.8, 4) is 0 Å². The molecule has 0 aliphatic carbocycles. The zero-order chi connectivity index (χ0) is 39.8. The molecule has 2 atom stereocenters. The molecule has 0 saturated heterocycles. The lowest BCUT2D eigenvalue weighted by atomic mass is 9.91. The Balaban J connectivity index is 0.000000876. The van der Waals surface area contributed by atoms with Crippen LogP contribution in [-0.2, 0) is 32.1 Å². The fraction of sp³-hybridized carbons (Fsp3) is 0.310. The number of carbonyl (C=O) groups excluding carboxylic acids is 5. The molecule has 0 saturated carbocycles. The molecule has 4 aromatic rings. The lowest BCUT2D eigenvalue weighted by molar-refractivity contribution is -0.405. The van der Waals surface area contributed by atoms with E-state index in [0.29, 0.717) is 44.5 Å². The average Bonchev–Trinajstić information content (AvgIpc) is 3.20. The van der Waals surface area contributed by atoms with Crippen molar-refractivity contribution >= 4 is 29.5 Å². The summed E-state index contributed by atoms with van der Waals surface area (Å²) in [4.78, 5) is 62.8. The molecule has 0 aromatic heterocycles. The third-order valence-corrected chi connectivity index (χ3v) is 9.30. The van der Waals surface area contributed by atoms with Crippen molar-refractivity contribution in [1.29, 1.82) is 0 Å². The monoisotopic (exact) mass is 758 g/mol. The van der Waals surface area contributed by atoms with Crippen LogP contribution < -0.4 is 21.5 Å². The summed E-state index contributed by atoms with van der Waals surface area (Å²) in [6.07, 6.45) is -2.63. The average molecular weight is 759 g/mol. The maximum absolute atomic E-state index is 13.4. The van der Waals surface area contributed by atoms with Crippen LogP contribution in [0.5, 0.6) is 0 Å².